The second kappa shape index (κ2) is 8.11. The molecule has 0 spiro atoms. The molecule has 2 aliphatic heterocycles. The van der Waals surface area contributed by atoms with Gasteiger partial charge in [-0.15, -0.1) is 0 Å². The van der Waals surface area contributed by atoms with Crippen molar-refractivity contribution in [1.82, 2.24) is 19.4 Å². The van der Waals surface area contributed by atoms with Crippen LogP contribution in [0.25, 0.3) is 0 Å². The number of fused-ring (bicyclic) bond motifs is 2. The number of nitrogens with zero attached hydrogens (tertiary/aromatic N) is 4. The van der Waals surface area contributed by atoms with Crippen LogP contribution >= 0.6 is 0 Å². The molecule has 0 bridgehead atoms. The summed E-state index contributed by atoms with van der Waals surface area (Å²) in [6.45, 7) is 3.89. The van der Waals surface area contributed by atoms with Crippen molar-refractivity contribution >= 4 is 5.91 Å². The molecule has 1 aromatic heterocycles. The van der Waals surface area contributed by atoms with Crippen LogP contribution in [0.4, 0.5) is 0 Å². The summed E-state index contributed by atoms with van der Waals surface area (Å²) < 4.78 is 1.91. The Morgan fingerprint density at radius 3 is 2.69 bits per heavy atom. The molecule has 29 heavy (non-hydrogen) atoms. The Hall–Kier alpha value is -2.47. The van der Waals surface area contributed by atoms with Crippen molar-refractivity contribution in [2.24, 2.45) is 0 Å². The SMILES string of the molecule is Cc1ccc(CC(=O)N2CCc3nc4n(c(=O)c3C2)[C@@H](CN(C)C)CCC4)cc1. The number of rotatable bonds is 4. The van der Waals surface area contributed by atoms with Gasteiger partial charge in [-0.25, -0.2) is 4.98 Å². The van der Waals surface area contributed by atoms with Gasteiger partial charge in [-0.2, -0.15) is 0 Å². The van der Waals surface area contributed by atoms with Gasteiger partial charge in [0, 0.05) is 25.9 Å². The smallest absolute Gasteiger partial charge is 0.259 e. The predicted molar refractivity (Wildman–Crippen MR) is 113 cm³/mol. The van der Waals surface area contributed by atoms with Gasteiger partial charge in [-0.05, 0) is 39.4 Å². The molecule has 0 saturated carbocycles. The number of aromatic nitrogens is 2. The predicted octanol–water partition coefficient (Wildman–Crippen LogP) is 2.12. The zero-order chi connectivity index (χ0) is 20.5. The third-order valence-electron chi connectivity index (χ3n) is 6.04. The van der Waals surface area contributed by atoms with Crippen molar-refractivity contribution in [2.75, 3.05) is 27.2 Å². The fourth-order valence-electron chi connectivity index (χ4n) is 4.52. The lowest BCUT2D eigenvalue weighted by molar-refractivity contribution is -0.131. The highest BCUT2D eigenvalue weighted by molar-refractivity contribution is 5.79. The first-order valence-corrected chi connectivity index (χ1v) is 10.5. The molecule has 1 atom stereocenters. The lowest BCUT2D eigenvalue weighted by Gasteiger charge is -2.33. The van der Waals surface area contributed by atoms with E-state index in [9.17, 15) is 9.59 Å². The number of carbonyl (C=O) groups excluding carboxylic acids is 1. The highest BCUT2D eigenvalue weighted by Gasteiger charge is 2.30. The van der Waals surface area contributed by atoms with E-state index in [2.05, 4.69) is 4.90 Å². The van der Waals surface area contributed by atoms with Crippen LogP contribution in [-0.4, -0.2) is 52.4 Å². The van der Waals surface area contributed by atoms with Crippen LogP contribution in [0.15, 0.2) is 29.1 Å². The van der Waals surface area contributed by atoms with E-state index < -0.39 is 0 Å². The van der Waals surface area contributed by atoms with Gasteiger partial charge in [0.2, 0.25) is 5.91 Å². The summed E-state index contributed by atoms with van der Waals surface area (Å²) in [5.41, 5.74) is 3.86. The van der Waals surface area contributed by atoms with Crippen molar-refractivity contribution in [3.8, 4) is 0 Å². The van der Waals surface area contributed by atoms with E-state index in [0.29, 0.717) is 31.5 Å². The van der Waals surface area contributed by atoms with Gasteiger partial charge in [-0.1, -0.05) is 29.8 Å². The van der Waals surface area contributed by atoms with Crippen molar-refractivity contribution in [3.63, 3.8) is 0 Å². The van der Waals surface area contributed by atoms with E-state index in [-0.39, 0.29) is 17.5 Å². The number of carbonyl (C=O) groups is 1. The Balaban J connectivity index is 1.58. The van der Waals surface area contributed by atoms with E-state index in [0.717, 1.165) is 42.9 Å². The standard InChI is InChI=1S/C23H30N4O2/c1-16-7-9-17(10-8-16)13-22(28)26-12-11-20-19(15-26)23(29)27-18(14-25(2)3)5-4-6-21(27)24-20/h7-10,18H,4-6,11-15H2,1-3H3/t18-/m1/s1. The van der Waals surface area contributed by atoms with E-state index in [4.69, 9.17) is 4.98 Å². The molecule has 1 aromatic carbocycles. The molecule has 2 aromatic rings. The molecule has 3 heterocycles. The first-order chi connectivity index (χ1) is 13.9. The van der Waals surface area contributed by atoms with Gasteiger partial charge < -0.3 is 9.80 Å². The molecule has 6 nitrogen and oxygen atoms in total. The van der Waals surface area contributed by atoms with Gasteiger partial charge in [0.25, 0.3) is 5.56 Å². The van der Waals surface area contributed by atoms with Crippen LogP contribution in [-0.2, 0) is 30.6 Å². The second-order valence-corrected chi connectivity index (χ2v) is 8.66. The Morgan fingerprint density at radius 1 is 1.21 bits per heavy atom. The minimum Gasteiger partial charge on any atom is -0.337 e. The van der Waals surface area contributed by atoms with Crippen molar-refractivity contribution < 1.29 is 4.79 Å². The van der Waals surface area contributed by atoms with Gasteiger partial charge >= 0.3 is 0 Å². The zero-order valence-corrected chi connectivity index (χ0v) is 17.6. The summed E-state index contributed by atoms with van der Waals surface area (Å²) in [6, 6.07) is 8.23. The minimum absolute atomic E-state index is 0.0596. The fourth-order valence-corrected chi connectivity index (χ4v) is 4.52. The molecule has 4 rings (SSSR count). The maximum Gasteiger partial charge on any atom is 0.259 e. The Morgan fingerprint density at radius 2 is 1.97 bits per heavy atom. The average molecular weight is 395 g/mol. The molecule has 0 N–H and O–H groups in total. The third-order valence-corrected chi connectivity index (χ3v) is 6.04. The topological polar surface area (TPSA) is 58.4 Å². The molecule has 2 aliphatic rings. The summed E-state index contributed by atoms with van der Waals surface area (Å²) in [7, 11) is 4.08. The van der Waals surface area contributed by atoms with Crippen LogP contribution in [0.3, 0.4) is 0 Å². The molecule has 6 heteroatoms. The van der Waals surface area contributed by atoms with E-state index in [1.165, 1.54) is 5.56 Å². The normalized spacial score (nSPS) is 18.5. The Labute approximate surface area is 172 Å². The van der Waals surface area contributed by atoms with E-state index >= 15 is 0 Å². The van der Waals surface area contributed by atoms with Gasteiger partial charge in [0.15, 0.2) is 0 Å². The minimum atomic E-state index is 0.0596. The lowest BCUT2D eigenvalue weighted by Crippen LogP contribution is -2.45. The summed E-state index contributed by atoms with van der Waals surface area (Å²) in [5, 5.41) is 0. The highest BCUT2D eigenvalue weighted by atomic mass is 16.2. The molecule has 0 saturated heterocycles. The first-order valence-electron chi connectivity index (χ1n) is 10.5. The van der Waals surface area contributed by atoms with Crippen LogP contribution in [0.1, 0.15) is 47.1 Å². The monoisotopic (exact) mass is 394 g/mol. The summed E-state index contributed by atoms with van der Waals surface area (Å²) >= 11 is 0. The number of hydrogen-bond acceptors (Lipinski definition) is 4. The third kappa shape index (κ3) is 4.13. The summed E-state index contributed by atoms with van der Waals surface area (Å²) in [5.74, 6) is 0.998. The maximum absolute atomic E-state index is 13.4. The van der Waals surface area contributed by atoms with E-state index in [1.807, 2.05) is 54.8 Å². The zero-order valence-electron chi connectivity index (χ0n) is 17.6. The Kier molecular flexibility index (Phi) is 5.54. The van der Waals surface area contributed by atoms with Crippen LogP contribution in [0, 0.1) is 6.92 Å². The lowest BCUT2D eigenvalue weighted by atomic mass is 10.00. The maximum atomic E-state index is 13.4. The van der Waals surface area contributed by atoms with Crippen molar-refractivity contribution in [3.05, 3.63) is 62.8 Å². The Bertz CT molecular complexity index is 962. The van der Waals surface area contributed by atoms with Crippen molar-refractivity contribution in [1.29, 1.82) is 0 Å². The molecule has 1 amide bonds. The van der Waals surface area contributed by atoms with Crippen LogP contribution < -0.4 is 5.56 Å². The van der Waals surface area contributed by atoms with Gasteiger partial charge in [-0.3, -0.25) is 14.2 Å². The molecule has 0 fully saturated rings. The first kappa shape index (κ1) is 19.8. The number of aryl methyl sites for hydroxylation is 2. The molecule has 154 valence electrons. The van der Waals surface area contributed by atoms with Crippen LogP contribution in [0.2, 0.25) is 0 Å². The summed E-state index contributed by atoms with van der Waals surface area (Å²) in [6.07, 6.45) is 3.98. The molecule has 0 aliphatic carbocycles. The number of hydrogen-bond donors (Lipinski definition) is 0. The molecular weight excluding hydrogens is 364 g/mol. The number of amides is 1. The average Bonchev–Trinajstić information content (AvgIpc) is 2.69. The van der Waals surface area contributed by atoms with Crippen LogP contribution in [0.5, 0.6) is 0 Å². The quantitative estimate of drug-likeness (QED) is 0.797. The number of likely N-dealkylation sites (N-methyl/N-ethyl adjacent to an activating group) is 1. The second-order valence-electron chi connectivity index (χ2n) is 8.66. The van der Waals surface area contributed by atoms with Gasteiger partial charge in [0.1, 0.15) is 5.82 Å². The van der Waals surface area contributed by atoms with E-state index in [1.54, 1.807) is 0 Å². The fraction of sp³-hybridized carbons (Fsp3) is 0.522. The molecular formula is C23H30N4O2. The van der Waals surface area contributed by atoms with Gasteiger partial charge in [0.05, 0.1) is 30.3 Å². The summed E-state index contributed by atoms with van der Waals surface area (Å²) in [4.78, 5) is 35.1. The number of benzene rings is 1. The molecule has 0 unspecified atom stereocenters. The molecule has 0 radical (unpaired) electrons. The van der Waals surface area contributed by atoms with Crippen molar-refractivity contribution in [2.45, 2.75) is 51.6 Å². The highest BCUT2D eigenvalue weighted by Crippen LogP contribution is 2.25. The largest absolute Gasteiger partial charge is 0.337 e.